The summed E-state index contributed by atoms with van der Waals surface area (Å²) >= 11 is 3.59. The normalized spacial score (nSPS) is 27.4. The summed E-state index contributed by atoms with van der Waals surface area (Å²) in [4.78, 5) is 28.1. The second-order valence-corrected chi connectivity index (χ2v) is 9.64. The van der Waals surface area contributed by atoms with Gasteiger partial charge in [0.25, 0.3) is 11.9 Å². The number of halogens is 1. The molecule has 3 aliphatic rings. The number of amides is 1. The summed E-state index contributed by atoms with van der Waals surface area (Å²) in [7, 11) is 0. The molecule has 8 nitrogen and oxygen atoms in total. The lowest BCUT2D eigenvalue weighted by molar-refractivity contribution is -0.534. The van der Waals surface area contributed by atoms with Crippen LogP contribution in [0.2, 0.25) is 0 Å². The molecule has 0 saturated carbocycles. The predicted octanol–water partition coefficient (Wildman–Crippen LogP) is 4.47. The van der Waals surface area contributed by atoms with E-state index in [4.69, 9.17) is 9.47 Å². The molecule has 1 N–H and O–H groups in total. The number of nitrogens with one attached hydrogen (secondary N) is 1. The molecule has 0 aliphatic carbocycles. The molecule has 0 radical (unpaired) electrons. The number of nitrogens with zero attached hydrogens (tertiary/aromatic N) is 2. The van der Waals surface area contributed by atoms with E-state index in [0.717, 1.165) is 18.4 Å². The van der Waals surface area contributed by atoms with Crippen LogP contribution in [0.1, 0.15) is 36.8 Å². The highest BCUT2D eigenvalue weighted by Crippen LogP contribution is 2.58. The molecule has 5 rings (SSSR count). The Kier molecular flexibility index (Phi) is 5.85. The van der Waals surface area contributed by atoms with Gasteiger partial charge in [-0.15, -0.1) is 0 Å². The summed E-state index contributed by atoms with van der Waals surface area (Å²) in [5, 5.41) is 15.7. The lowest BCUT2D eigenvalue weighted by atomic mass is 9.77. The average molecular weight is 528 g/mol. The molecule has 1 spiro atoms. The number of hydrogen-bond donors (Lipinski definition) is 1. The van der Waals surface area contributed by atoms with Crippen molar-refractivity contribution in [2.75, 3.05) is 25.1 Å². The standard InChI is InChI=1S/C25H26BrN3O5/c1-3-12-34-22-17(26)13-15(14-20(22)33-4-2)21-19-10-7-11-28(19)25(23(21)29(31)32)16-8-5-6-9-18(16)27-24(25)30/h3,5-6,8-9,13-14,19,21,23H,1,4,7,10-12H2,2H3,(H,27,30)/t19-,21+,23-,25-/m0/s1. The molecule has 4 atom stereocenters. The van der Waals surface area contributed by atoms with E-state index in [9.17, 15) is 14.9 Å². The highest BCUT2D eigenvalue weighted by molar-refractivity contribution is 9.10. The van der Waals surface area contributed by atoms with Gasteiger partial charge < -0.3 is 14.8 Å². The molecule has 3 aliphatic heterocycles. The van der Waals surface area contributed by atoms with E-state index in [1.54, 1.807) is 6.08 Å². The Hall–Kier alpha value is -2.91. The number of nitro groups is 1. The van der Waals surface area contributed by atoms with Crippen LogP contribution in [0.15, 0.2) is 53.5 Å². The number of benzene rings is 2. The van der Waals surface area contributed by atoms with E-state index in [0.29, 0.717) is 47.0 Å². The number of carbonyl (C=O) groups excluding carboxylic acids is 1. The fourth-order valence-electron chi connectivity index (χ4n) is 6.10. The van der Waals surface area contributed by atoms with Crippen molar-refractivity contribution in [3.8, 4) is 11.5 Å². The monoisotopic (exact) mass is 527 g/mol. The molecule has 0 aromatic heterocycles. The zero-order valence-electron chi connectivity index (χ0n) is 18.8. The van der Waals surface area contributed by atoms with E-state index in [1.165, 1.54) is 0 Å². The maximum Gasteiger partial charge on any atom is 0.256 e. The van der Waals surface area contributed by atoms with E-state index < -0.39 is 17.5 Å². The minimum absolute atomic E-state index is 0.145. The van der Waals surface area contributed by atoms with Crippen LogP contribution in [0, 0.1) is 10.1 Å². The molecule has 0 unspecified atom stereocenters. The molecule has 0 bridgehead atoms. The van der Waals surface area contributed by atoms with E-state index in [-0.39, 0.29) is 16.9 Å². The van der Waals surface area contributed by atoms with Crippen LogP contribution in [0.5, 0.6) is 11.5 Å². The van der Waals surface area contributed by atoms with Crippen molar-refractivity contribution in [1.82, 2.24) is 4.90 Å². The lowest BCUT2D eigenvalue weighted by Crippen LogP contribution is -2.55. The summed E-state index contributed by atoms with van der Waals surface area (Å²) in [5.41, 5.74) is 0.748. The predicted molar refractivity (Wildman–Crippen MR) is 131 cm³/mol. The molecule has 1 amide bonds. The lowest BCUT2D eigenvalue weighted by Gasteiger charge is -2.32. The third kappa shape index (κ3) is 3.17. The molecule has 3 heterocycles. The molecule has 2 saturated heterocycles. The fourth-order valence-corrected chi connectivity index (χ4v) is 6.68. The van der Waals surface area contributed by atoms with Crippen molar-refractivity contribution in [1.29, 1.82) is 0 Å². The van der Waals surface area contributed by atoms with E-state index >= 15 is 0 Å². The zero-order chi connectivity index (χ0) is 24.0. The first-order valence-electron chi connectivity index (χ1n) is 11.5. The first-order valence-corrected chi connectivity index (χ1v) is 12.3. The summed E-state index contributed by atoms with van der Waals surface area (Å²) < 4.78 is 12.3. The van der Waals surface area contributed by atoms with Gasteiger partial charge in [-0.1, -0.05) is 30.9 Å². The highest BCUT2D eigenvalue weighted by atomic mass is 79.9. The third-order valence-corrected chi connectivity index (χ3v) is 7.75. The number of anilines is 1. The van der Waals surface area contributed by atoms with Gasteiger partial charge in [-0.2, -0.15) is 0 Å². The van der Waals surface area contributed by atoms with Gasteiger partial charge in [-0.05, 0) is 59.5 Å². The first kappa shape index (κ1) is 22.9. The number of para-hydroxylation sites is 1. The molecule has 2 aromatic rings. The number of fused-ring (bicyclic) bond motifs is 4. The van der Waals surface area contributed by atoms with Crippen molar-refractivity contribution in [3.63, 3.8) is 0 Å². The average Bonchev–Trinajstić information content (AvgIpc) is 3.46. The molecular weight excluding hydrogens is 502 g/mol. The number of carbonyl (C=O) groups is 1. The van der Waals surface area contributed by atoms with Crippen molar-refractivity contribution in [3.05, 3.63) is 74.8 Å². The number of ether oxygens (including phenoxy) is 2. The minimum atomic E-state index is -1.35. The first-order chi connectivity index (χ1) is 16.4. The largest absolute Gasteiger partial charge is 0.490 e. The Bertz CT molecular complexity index is 1170. The van der Waals surface area contributed by atoms with Gasteiger partial charge in [0, 0.05) is 28.8 Å². The Morgan fingerprint density at radius 2 is 2.15 bits per heavy atom. The summed E-state index contributed by atoms with van der Waals surface area (Å²) in [6.45, 7) is 6.92. The van der Waals surface area contributed by atoms with Gasteiger partial charge in [0.05, 0.1) is 17.0 Å². The fraction of sp³-hybridized carbons (Fsp3) is 0.400. The van der Waals surface area contributed by atoms with Crippen LogP contribution in [0.25, 0.3) is 0 Å². The smallest absolute Gasteiger partial charge is 0.256 e. The quantitative estimate of drug-likeness (QED) is 0.324. The van der Waals surface area contributed by atoms with Crippen LogP contribution in [-0.2, 0) is 10.3 Å². The number of hydrogen-bond acceptors (Lipinski definition) is 6. The van der Waals surface area contributed by atoms with Gasteiger partial charge in [-0.25, -0.2) is 0 Å². The second-order valence-electron chi connectivity index (χ2n) is 8.79. The molecule has 2 aromatic carbocycles. The Morgan fingerprint density at radius 1 is 1.35 bits per heavy atom. The Morgan fingerprint density at radius 3 is 2.88 bits per heavy atom. The SMILES string of the molecule is C=CCOc1c(Br)cc([C@H]2[C@H]([N+](=O)[O-])[C@@]3(C(=O)Nc4ccccc43)N3CCC[C@@H]23)cc1OCC. The van der Waals surface area contributed by atoms with Crippen molar-refractivity contribution in [2.45, 2.75) is 43.3 Å². The van der Waals surface area contributed by atoms with Crippen molar-refractivity contribution in [2.24, 2.45) is 0 Å². The maximum absolute atomic E-state index is 13.6. The van der Waals surface area contributed by atoms with E-state index in [1.807, 2.05) is 43.3 Å². The second kappa shape index (κ2) is 8.70. The van der Waals surface area contributed by atoms with Gasteiger partial charge in [0.1, 0.15) is 6.61 Å². The summed E-state index contributed by atoms with van der Waals surface area (Å²) in [6.07, 6.45) is 3.30. The Labute approximate surface area is 206 Å². The van der Waals surface area contributed by atoms with Crippen molar-refractivity contribution < 1.29 is 19.2 Å². The molecule has 2 fully saturated rings. The topological polar surface area (TPSA) is 93.9 Å². The third-order valence-electron chi connectivity index (χ3n) is 7.16. The van der Waals surface area contributed by atoms with Crippen LogP contribution in [-0.4, -0.2) is 47.6 Å². The molecule has 178 valence electrons. The van der Waals surface area contributed by atoms with Gasteiger partial charge >= 0.3 is 0 Å². The minimum Gasteiger partial charge on any atom is -0.490 e. The van der Waals surface area contributed by atoms with Crippen molar-refractivity contribution >= 4 is 27.5 Å². The van der Waals surface area contributed by atoms with Crippen LogP contribution < -0.4 is 14.8 Å². The maximum atomic E-state index is 13.6. The molecule has 34 heavy (non-hydrogen) atoms. The van der Waals surface area contributed by atoms with Crippen LogP contribution in [0.4, 0.5) is 5.69 Å². The molecular formula is C25H26BrN3O5. The van der Waals surface area contributed by atoms with Gasteiger partial charge in [-0.3, -0.25) is 19.8 Å². The summed E-state index contributed by atoms with van der Waals surface area (Å²) in [6, 6.07) is 9.74. The van der Waals surface area contributed by atoms with Crippen LogP contribution >= 0.6 is 15.9 Å². The molecule has 9 heteroatoms. The van der Waals surface area contributed by atoms with Gasteiger partial charge in [0.2, 0.25) is 0 Å². The van der Waals surface area contributed by atoms with E-state index in [2.05, 4.69) is 32.7 Å². The zero-order valence-corrected chi connectivity index (χ0v) is 20.4. The highest BCUT2D eigenvalue weighted by Gasteiger charge is 2.73. The Balaban J connectivity index is 1.69. The number of rotatable bonds is 7. The summed E-state index contributed by atoms with van der Waals surface area (Å²) in [5.74, 6) is 0.221. The van der Waals surface area contributed by atoms with Gasteiger partial charge in [0.15, 0.2) is 17.0 Å². The van der Waals surface area contributed by atoms with Crippen LogP contribution in [0.3, 0.4) is 0 Å².